The van der Waals surface area contributed by atoms with E-state index in [0.29, 0.717) is 19.3 Å². The van der Waals surface area contributed by atoms with E-state index in [2.05, 4.69) is 81.5 Å². The van der Waals surface area contributed by atoms with E-state index >= 15 is 0 Å². The first-order chi connectivity index (χ1) is 32.0. The fourth-order valence-electron chi connectivity index (χ4n) is 7.80. The van der Waals surface area contributed by atoms with Crippen molar-refractivity contribution in [3.05, 3.63) is 60.8 Å². The minimum atomic E-state index is -0.785. The van der Waals surface area contributed by atoms with Crippen LogP contribution in [0.15, 0.2) is 60.8 Å². The van der Waals surface area contributed by atoms with E-state index in [-0.39, 0.29) is 31.1 Å². The third kappa shape index (κ3) is 51.9. The molecular weight excluding hydrogens is 805 g/mol. The Morgan fingerprint density at radius 1 is 0.323 bits per heavy atom. The summed E-state index contributed by atoms with van der Waals surface area (Å²) < 4.78 is 16.8. The lowest BCUT2D eigenvalue weighted by Gasteiger charge is -2.18. The van der Waals surface area contributed by atoms with Crippen LogP contribution in [0.3, 0.4) is 0 Å². The fourth-order valence-corrected chi connectivity index (χ4v) is 7.80. The lowest BCUT2D eigenvalue weighted by atomic mass is 10.1. The predicted molar refractivity (Wildman–Crippen MR) is 279 cm³/mol. The van der Waals surface area contributed by atoms with Crippen LogP contribution >= 0.6 is 0 Å². The molecule has 0 saturated heterocycles. The Balaban J connectivity index is 4.36. The molecular formula is C59H104O6. The first kappa shape index (κ1) is 62.1. The van der Waals surface area contributed by atoms with Crippen LogP contribution in [0.4, 0.5) is 0 Å². The van der Waals surface area contributed by atoms with Crippen molar-refractivity contribution < 1.29 is 28.6 Å². The van der Waals surface area contributed by atoms with Crippen molar-refractivity contribution >= 4 is 17.9 Å². The van der Waals surface area contributed by atoms with Crippen LogP contribution in [-0.4, -0.2) is 37.2 Å². The third-order valence-corrected chi connectivity index (χ3v) is 12.0. The number of hydrogen-bond acceptors (Lipinski definition) is 6. The molecule has 6 nitrogen and oxygen atoms in total. The first-order valence-corrected chi connectivity index (χ1v) is 27.8. The number of ether oxygens (including phenoxy) is 3. The van der Waals surface area contributed by atoms with Crippen molar-refractivity contribution in [3.63, 3.8) is 0 Å². The normalized spacial score (nSPS) is 12.5. The maximum Gasteiger partial charge on any atom is 0.306 e. The molecule has 0 spiro atoms. The van der Waals surface area contributed by atoms with Crippen molar-refractivity contribution in [2.24, 2.45) is 0 Å². The van der Waals surface area contributed by atoms with Gasteiger partial charge in [0.15, 0.2) is 6.10 Å². The minimum Gasteiger partial charge on any atom is -0.462 e. The summed E-state index contributed by atoms with van der Waals surface area (Å²) in [6.07, 6.45) is 66.3. The molecule has 0 N–H and O–H groups in total. The van der Waals surface area contributed by atoms with Gasteiger partial charge in [-0.25, -0.2) is 0 Å². The van der Waals surface area contributed by atoms with Crippen LogP contribution in [0.25, 0.3) is 0 Å². The number of hydrogen-bond donors (Lipinski definition) is 0. The zero-order valence-electron chi connectivity index (χ0n) is 43.0. The van der Waals surface area contributed by atoms with Gasteiger partial charge in [-0.3, -0.25) is 14.4 Å². The Labute approximate surface area is 402 Å². The highest BCUT2D eigenvalue weighted by Gasteiger charge is 2.19. The molecule has 65 heavy (non-hydrogen) atoms. The predicted octanol–water partition coefficient (Wildman–Crippen LogP) is 18.4. The van der Waals surface area contributed by atoms with E-state index in [9.17, 15) is 14.4 Å². The molecule has 0 rings (SSSR count). The summed E-state index contributed by atoms with van der Waals surface area (Å²) in [5.41, 5.74) is 0. The second kappa shape index (κ2) is 53.7. The average Bonchev–Trinajstić information content (AvgIpc) is 3.30. The smallest absolute Gasteiger partial charge is 0.306 e. The van der Waals surface area contributed by atoms with Crippen LogP contribution in [0.2, 0.25) is 0 Å². The van der Waals surface area contributed by atoms with Gasteiger partial charge in [0.05, 0.1) is 0 Å². The molecule has 0 aliphatic rings. The molecule has 0 bridgehead atoms. The standard InChI is InChI=1S/C59H104O6/c1-4-7-10-13-16-19-22-25-27-28-29-30-32-35-37-40-43-46-49-52-58(61)64-55-56(65-59(62)53-50-47-44-41-38-33-24-21-18-15-12-9-6-3)54-63-57(60)51-48-45-42-39-36-34-31-26-23-20-17-14-11-8-5-2/h8,11,17,20-21,24-27,31,56H,4-7,9-10,12-16,18-19,22-23,28-30,32-55H2,1-3H3/b11-8-,20-17-,24-21-,27-25-,31-26-/t56-/m1/s1. The number of carbonyl (C=O) groups is 3. The van der Waals surface area contributed by atoms with E-state index in [4.69, 9.17) is 14.2 Å². The summed E-state index contributed by atoms with van der Waals surface area (Å²) in [6, 6.07) is 0. The van der Waals surface area contributed by atoms with E-state index in [0.717, 1.165) is 109 Å². The number of unbranched alkanes of at least 4 members (excludes halogenated alkanes) is 29. The van der Waals surface area contributed by atoms with Crippen LogP contribution in [0, 0.1) is 0 Å². The molecule has 0 saturated carbocycles. The van der Waals surface area contributed by atoms with Gasteiger partial charge in [0.1, 0.15) is 13.2 Å². The topological polar surface area (TPSA) is 78.9 Å². The fraction of sp³-hybridized carbons (Fsp3) is 0.780. The zero-order valence-corrected chi connectivity index (χ0v) is 43.0. The highest BCUT2D eigenvalue weighted by molar-refractivity contribution is 5.71. The Bertz CT molecular complexity index is 1180. The molecule has 0 aliphatic heterocycles. The maximum absolute atomic E-state index is 12.8. The van der Waals surface area contributed by atoms with Crippen molar-refractivity contribution in [1.82, 2.24) is 0 Å². The van der Waals surface area contributed by atoms with Crippen molar-refractivity contribution in [2.75, 3.05) is 13.2 Å². The third-order valence-electron chi connectivity index (χ3n) is 12.0. The highest BCUT2D eigenvalue weighted by atomic mass is 16.6. The Morgan fingerprint density at radius 3 is 0.969 bits per heavy atom. The van der Waals surface area contributed by atoms with Gasteiger partial charge in [-0.05, 0) is 103 Å². The Morgan fingerprint density at radius 2 is 0.600 bits per heavy atom. The Hall–Kier alpha value is -2.89. The van der Waals surface area contributed by atoms with Gasteiger partial charge in [-0.15, -0.1) is 0 Å². The zero-order chi connectivity index (χ0) is 47.2. The van der Waals surface area contributed by atoms with E-state index in [1.54, 1.807) is 0 Å². The van der Waals surface area contributed by atoms with E-state index < -0.39 is 6.10 Å². The summed E-state index contributed by atoms with van der Waals surface area (Å²) in [4.78, 5) is 38.1. The van der Waals surface area contributed by atoms with Crippen molar-refractivity contribution in [3.8, 4) is 0 Å². The minimum absolute atomic E-state index is 0.0834. The van der Waals surface area contributed by atoms with Crippen LogP contribution in [0.1, 0.15) is 278 Å². The molecule has 0 radical (unpaired) electrons. The quantitative estimate of drug-likeness (QED) is 0.0262. The summed E-state index contributed by atoms with van der Waals surface area (Å²) in [5, 5.41) is 0. The monoisotopic (exact) mass is 909 g/mol. The summed E-state index contributed by atoms with van der Waals surface area (Å²) in [7, 11) is 0. The number of rotatable bonds is 50. The van der Waals surface area contributed by atoms with Crippen LogP contribution in [0.5, 0.6) is 0 Å². The summed E-state index contributed by atoms with van der Waals surface area (Å²) in [5.74, 6) is -0.904. The molecule has 0 fully saturated rings. The lowest BCUT2D eigenvalue weighted by molar-refractivity contribution is -0.167. The molecule has 0 aromatic rings. The van der Waals surface area contributed by atoms with Gasteiger partial charge >= 0.3 is 17.9 Å². The molecule has 0 amide bonds. The molecule has 1 atom stereocenters. The summed E-state index contributed by atoms with van der Waals surface area (Å²) >= 11 is 0. The maximum atomic E-state index is 12.8. The Kier molecular flexibility index (Phi) is 51.3. The van der Waals surface area contributed by atoms with Gasteiger partial charge in [0.25, 0.3) is 0 Å². The van der Waals surface area contributed by atoms with Crippen LogP contribution < -0.4 is 0 Å². The van der Waals surface area contributed by atoms with Gasteiger partial charge in [0, 0.05) is 19.3 Å². The molecule has 0 aromatic heterocycles. The van der Waals surface area contributed by atoms with Crippen molar-refractivity contribution in [1.29, 1.82) is 0 Å². The van der Waals surface area contributed by atoms with Crippen LogP contribution in [-0.2, 0) is 28.6 Å². The van der Waals surface area contributed by atoms with Crippen molar-refractivity contribution in [2.45, 2.75) is 284 Å². The number of carbonyl (C=O) groups excluding carboxylic acids is 3. The number of esters is 3. The van der Waals surface area contributed by atoms with Gasteiger partial charge in [0.2, 0.25) is 0 Å². The first-order valence-electron chi connectivity index (χ1n) is 27.8. The van der Waals surface area contributed by atoms with Gasteiger partial charge < -0.3 is 14.2 Å². The van der Waals surface area contributed by atoms with Gasteiger partial charge in [-0.1, -0.05) is 216 Å². The second-order valence-corrected chi connectivity index (χ2v) is 18.5. The highest BCUT2D eigenvalue weighted by Crippen LogP contribution is 2.15. The molecule has 0 unspecified atom stereocenters. The number of allylic oxidation sites excluding steroid dienone is 10. The molecule has 0 heterocycles. The molecule has 376 valence electrons. The largest absolute Gasteiger partial charge is 0.462 e. The molecule has 0 aliphatic carbocycles. The average molecular weight is 909 g/mol. The molecule has 6 heteroatoms. The second-order valence-electron chi connectivity index (χ2n) is 18.5. The van der Waals surface area contributed by atoms with E-state index in [1.807, 2.05) is 0 Å². The van der Waals surface area contributed by atoms with Gasteiger partial charge in [-0.2, -0.15) is 0 Å². The summed E-state index contributed by atoms with van der Waals surface area (Å²) in [6.45, 7) is 6.50. The SMILES string of the molecule is CC/C=C\C/C=C\C/C=C\CCCCCCCC(=O)OC[C@H](COC(=O)CCCCCCCCCCC/C=C\CCCCCCCC)OC(=O)CCCCCCC/C=C\CCCCCC. The van der Waals surface area contributed by atoms with E-state index in [1.165, 1.54) is 128 Å². The lowest BCUT2D eigenvalue weighted by Crippen LogP contribution is -2.30. The molecule has 0 aromatic carbocycles.